The number of esters is 1. The van der Waals surface area contributed by atoms with Crippen LogP contribution in [0.25, 0.3) is 6.08 Å². The quantitative estimate of drug-likeness (QED) is 0.0997. The van der Waals surface area contributed by atoms with E-state index in [1.807, 2.05) is 54.6 Å². The molecule has 2 aromatic rings. The van der Waals surface area contributed by atoms with Crippen molar-refractivity contribution in [3.05, 3.63) is 71.4 Å². The van der Waals surface area contributed by atoms with Gasteiger partial charge in [0.05, 0.1) is 13.2 Å². The Balaban J connectivity index is 1.91. The van der Waals surface area contributed by atoms with Crippen molar-refractivity contribution in [1.29, 1.82) is 0 Å². The van der Waals surface area contributed by atoms with Gasteiger partial charge in [0, 0.05) is 6.21 Å². The van der Waals surface area contributed by atoms with E-state index in [1.165, 1.54) is 44.9 Å². The van der Waals surface area contributed by atoms with Gasteiger partial charge in [0.25, 0.3) is 0 Å². The van der Waals surface area contributed by atoms with Crippen LogP contribution in [0.2, 0.25) is 0 Å². The smallest absolute Gasteiger partial charge is 0.356 e. The van der Waals surface area contributed by atoms with Crippen LogP contribution in [0.5, 0.6) is 5.75 Å². The molecule has 1 atom stereocenters. The van der Waals surface area contributed by atoms with Crippen LogP contribution in [0, 0.1) is 5.92 Å². The Kier molecular flexibility index (Phi) is 14.2. The topological polar surface area (TPSA) is 47.9 Å². The molecular weight excluding hydrogens is 434 g/mol. The Morgan fingerprint density at radius 3 is 2.17 bits per heavy atom. The Labute approximate surface area is 212 Å². The molecule has 0 saturated heterocycles. The van der Waals surface area contributed by atoms with Crippen molar-refractivity contribution in [1.82, 2.24) is 0 Å². The van der Waals surface area contributed by atoms with Crippen LogP contribution >= 0.6 is 0 Å². The van der Waals surface area contributed by atoms with Gasteiger partial charge in [-0.3, -0.25) is 0 Å². The van der Waals surface area contributed by atoms with Crippen molar-refractivity contribution in [3.63, 3.8) is 0 Å². The minimum Gasteiger partial charge on any atom is -0.494 e. The Hall–Kier alpha value is -2.88. The molecule has 0 radical (unpaired) electrons. The molecular formula is C31H43NO3. The Morgan fingerprint density at radius 2 is 1.51 bits per heavy atom. The molecule has 4 heteroatoms. The van der Waals surface area contributed by atoms with E-state index in [4.69, 9.17) is 9.47 Å². The van der Waals surface area contributed by atoms with Gasteiger partial charge in [-0.15, -0.1) is 0 Å². The van der Waals surface area contributed by atoms with Crippen LogP contribution in [0.3, 0.4) is 0 Å². The van der Waals surface area contributed by atoms with Gasteiger partial charge in [0.15, 0.2) is 0 Å². The van der Waals surface area contributed by atoms with Gasteiger partial charge in [-0.05, 0) is 41.7 Å². The first-order chi connectivity index (χ1) is 17.1. The lowest BCUT2D eigenvalue weighted by molar-refractivity contribution is -0.140. The minimum atomic E-state index is -0.410. The van der Waals surface area contributed by atoms with Crippen LogP contribution in [0.1, 0.15) is 89.7 Å². The highest BCUT2D eigenvalue weighted by Crippen LogP contribution is 2.17. The summed E-state index contributed by atoms with van der Waals surface area (Å²) in [5.41, 5.74) is 2.09. The molecule has 0 aliphatic carbocycles. The molecule has 4 nitrogen and oxygen atoms in total. The van der Waals surface area contributed by atoms with Crippen molar-refractivity contribution >= 4 is 18.3 Å². The van der Waals surface area contributed by atoms with Gasteiger partial charge in [-0.1, -0.05) is 115 Å². The molecule has 0 spiro atoms. The molecule has 0 amide bonds. The van der Waals surface area contributed by atoms with Crippen molar-refractivity contribution < 1.29 is 14.3 Å². The van der Waals surface area contributed by atoms with Gasteiger partial charge >= 0.3 is 5.97 Å². The summed E-state index contributed by atoms with van der Waals surface area (Å²) >= 11 is 0. The average molecular weight is 478 g/mol. The molecule has 35 heavy (non-hydrogen) atoms. The van der Waals surface area contributed by atoms with Crippen LogP contribution in [0.4, 0.5) is 0 Å². The number of hydrogen-bond donors (Lipinski definition) is 0. The summed E-state index contributed by atoms with van der Waals surface area (Å²) in [6.45, 7) is 7.52. The molecule has 0 unspecified atom stereocenters. The van der Waals surface area contributed by atoms with Crippen LogP contribution < -0.4 is 4.74 Å². The number of carbonyl (C=O) groups is 1. The van der Waals surface area contributed by atoms with Crippen molar-refractivity contribution in [2.75, 3.05) is 13.2 Å². The zero-order chi connectivity index (χ0) is 25.1. The van der Waals surface area contributed by atoms with Gasteiger partial charge < -0.3 is 9.47 Å². The molecule has 0 N–H and O–H groups in total. The number of nitrogens with zero attached hydrogens (tertiary/aromatic N) is 1. The predicted octanol–water partition coefficient (Wildman–Crippen LogP) is 8.26. The first-order valence-electron chi connectivity index (χ1n) is 13.3. The average Bonchev–Trinajstić information content (AvgIpc) is 2.89. The summed E-state index contributed by atoms with van der Waals surface area (Å²) in [6, 6.07) is 17.5. The van der Waals surface area contributed by atoms with Gasteiger partial charge in [0.1, 0.15) is 11.4 Å². The summed E-state index contributed by atoms with van der Waals surface area (Å²) in [7, 11) is 0. The number of carbonyl (C=O) groups excluding carboxylic acids is 1. The second-order valence-electron chi connectivity index (χ2n) is 9.20. The number of rotatable bonds is 17. The summed E-state index contributed by atoms with van der Waals surface area (Å²) in [4.78, 5) is 17.2. The van der Waals surface area contributed by atoms with E-state index in [2.05, 4.69) is 25.8 Å². The Morgan fingerprint density at radius 1 is 0.857 bits per heavy atom. The second-order valence-corrected chi connectivity index (χ2v) is 9.20. The third-order valence-electron chi connectivity index (χ3n) is 6.01. The fourth-order valence-electron chi connectivity index (χ4n) is 3.49. The minimum absolute atomic E-state index is 0.282. The van der Waals surface area contributed by atoms with E-state index >= 15 is 0 Å². The molecule has 190 valence electrons. The summed E-state index contributed by atoms with van der Waals surface area (Å²) < 4.78 is 11.4. The lowest BCUT2D eigenvalue weighted by Crippen LogP contribution is -2.12. The zero-order valence-electron chi connectivity index (χ0n) is 21.9. The second kappa shape index (κ2) is 17.5. The number of benzene rings is 2. The fourth-order valence-corrected chi connectivity index (χ4v) is 3.49. The Bertz CT molecular complexity index is 887. The predicted molar refractivity (Wildman–Crippen MR) is 147 cm³/mol. The number of ether oxygens (including phenoxy) is 2. The van der Waals surface area contributed by atoms with Crippen LogP contribution in [0.15, 0.2) is 65.3 Å². The maximum Gasteiger partial charge on any atom is 0.356 e. The van der Waals surface area contributed by atoms with E-state index in [9.17, 15) is 4.79 Å². The molecule has 0 bridgehead atoms. The van der Waals surface area contributed by atoms with Crippen LogP contribution in [-0.4, -0.2) is 25.4 Å². The van der Waals surface area contributed by atoms with Crippen molar-refractivity contribution in [2.45, 2.75) is 78.6 Å². The van der Waals surface area contributed by atoms with Gasteiger partial charge in [-0.25, -0.2) is 9.79 Å². The highest BCUT2D eigenvalue weighted by molar-refractivity contribution is 5.96. The first kappa shape index (κ1) is 28.4. The highest BCUT2D eigenvalue weighted by Gasteiger charge is 2.12. The maximum atomic E-state index is 12.7. The number of hydrogen-bond acceptors (Lipinski definition) is 4. The number of unbranched alkanes of at least 4 members (excludes halogenated alkanes) is 7. The van der Waals surface area contributed by atoms with E-state index in [-0.39, 0.29) is 5.70 Å². The molecule has 0 heterocycles. The number of aliphatic imine (C=N–C) groups is 1. The zero-order valence-corrected chi connectivity index (χ0v) is 21.9. The normalized spacial score (nSPS) is 12.6. The fraction of sp³-hybridized carbons (Fsp3) is 0.484. The summed E-state index contributed by atoms with van der Waals surface area (Å²) in [6.07, 6.45) is 14.7. The van der Waals surface area contributed by atoms with E-state index in [1.54, 1.807) is 12.3 Å². The van der Waals surface area contributed by atoms with Gasteiger partial charge in [0.2, 0.25) is 0 Å². The lowest BCUT2D eigenvalue weighted by atomic mass is 10.1. The van der Waals surface area contributed by atoms with Crippen LogP contribution in [-0.2, 0) is 9.53 Å². The maximum absolute atomic E-state index is 12.7. The third-order valence-corrected chi connectivity index (χ3v) is 6.01. The summed E-state index contributed by atoms with van der Waals surface area (Å²) in [5.74, 6) is 0.752. The first-order valence-corrected chi connectivity index (χ1v) is 13.3. The van der Waals surface area contributed by atoms with Crippen molar-refractivity contribution in [3.8, 4) is 5.75 Å². The largest absolute Gasteiger partial charge is 0.494 e. The molecule has 0 saturated carbocycles. The third kappa shape index (κ3) is 12.4. The molecule has 0 aromatic heterocycles. The SMILES string of the molecule is CCCCCCCCCCOc1ccc(C=C(N=Cc2ccccc2)C(=O)OC[C@@H](C)CC)cc1. The standard InChI is InChI=1S/C31H43NO3/c1-4-6-7-8-9-10-11-15-22-34-29-20-18-27(19-21-29)23-30(31(33)35-25-26(3)5-2)32-24-28-16-13-12-14-17-28/h12-14,16-21,23-24,26H,4-11,15,22,25H2,1-3H3/t26-/m0/s1. The molecule has 2 aromatic carbocycles. The highest BCUT2D eigenvalue weighted by atomic mass is 16.5. The van der Waals surface area contributed by atoms with Crippen molar-refractivity contribution in [2.24, 2.45) is 10.9 Å². The molecule has 0 aliphatic rings. The monoisotopic (exact) mass is 477 g/mol. The molecule has 2 rings (SSSR count). The van der Waals surface area contributed by atoms with E-state index in [0.29, 0.717) is 12.5 Å². The molecule has 0 fully saturated rings. The molecule has 0 aliphatic heterocycles. The van der Waals surface area contributed by atoms with Gasteiger partial charge in [-0.2, -0.15) is 0 Å². The lowest BCUT2D eigenvalue weighted by Gasteiger charge is -2.10. The van der Waals surface area contributed by atoms with E-state index < -0.39 is 5.97 Å². The summed E-state index contributed by atoms with van der Waals surface area (Å²) in [5, 5.41) is 0. The van der Waals surface area contributed by atoms with E-state index in [0.717, 1.165) is 36.3 Å².